The number of thiophene rings is 1. The number of benzene rings is 1. The molecular weight excluding hydrogens is 304 g/mol. The average molecular weight is 324 g/mol. The molecule has 114 valence electrons. The van der Waals surface area contributed by atoms with Crippen LogP contribution in [-0.2, 0) is 16.6 Å². The van der Waals surface area contributed by atoms with Gasteiger partial charge in [0, 0.05) is 34.1 Å². The van der Waals surface area contributed by atoms with Crippen LogP contribution in [-0.4, -0.2) is 21.0 Å². The Kier molecular flexibility index (Phi) is 4.31. The Hall–Kier alpha value is -0.950. The van der Waals surface area contributed by atoms with E-state index in [2.05, 4.69) is 10.0 Å². The monoisotopic (exact) mass is 324 g/mol. The van der Waals surface area contributed by atoms with Crippen LogP contribution in [0.1, 0.15) is 31.1 Å². The molecule has 0 atom stereocenters. The number of hydrogen-bond donors (Lipinski definition) is 2. The molecule has 1 heterocycles. The summed E-state index contributed by atoms with van der Waals surface area (Å²) in [6, 6.07) is 8.29. The Balaban J connectivity index is 2.01. The van der Waals surface area contributed by atoms with E-state index in [9.17, 15) is 8.42 Å². The van der Waals surface area contributed by atoms with Crippen LogP contribution in [0.3, 0.4) is 0 Å². The Morgan fingerprint density at radius 1 is 1.29 bits per heavy atom. The first kappa shape index (κ1) is 15.0. The van der Waals surface area contributed by atoms with Crippen molar-refractivity contribution in [3.8, 4) is 0 Å². The molecule has 1 aliphatic rings. The fraction of sp³-hybridized carbons (Fsp3) is 0.467. The van der Waals surface area contributed by atoms with E-state index in [0.717, 1.165) is 21.4 Å². The summed E-state index contributed by atoms with van der Waals surface area (Å²) in [7, 11) is -3.44. The molecule has 2 aromatic rings. The van der Waals surface area contributed by atoms with E-state index in [4.69, 9.17) is 0 Å². The standard InChI is InChI=1S/C15H20N2O2S2/c1-2-9-17-21(18,19)15-12-5-3-4-6-13(12)20-14(15)10-16-11-7-8-11/h3-6,11,16-17H,2,7-10H2,1H3. The normalized spacial score (nSPS) is 15.7. The molecule has 0 saturated heterocycles. The van der Waals surface area contributed by atoms with Crippen LogP contribution in [0, 0.1) is 0 Å². The van der Waals surface area contributed by atoms with Crippen molar-refractivity contribution in [2.24, 2.45) is 0 Å². The van der Waals surface area contributed by atoms with Crippen molar-refractivity contribution >= 4 is 31.4 Å². The Morgan fingerprint density at radius 2 is 2.05 bits per heavy atom. The summed E-state index contributed by atoms with van der Waals surface area (Å²) in [6.45, 7) is 3.07. The molecule has 0 bridgehead atoms. The van der Waals surface area contributed by atoms with E-state index in [-0.39, 0.29) is 0 Å². The quantitative estimate of drug-likeness (QED) is 0.823. The molecule has 1 aromatic carbocycles. The molecule has 21 heavy (non-hydrogen) atoms. The van der Waals surface area contributed by atoms with E-state index >= 15 is 0 Å². The maximum absolute atomic E-state index is 12.6. The molecule has 6 heteroatoms. The van der Waals surface area contributed by atoms with Gasteiger partial charge < -0.3 is 5.32 Å². The molecule has 1 aromatic heterocycles. The second kappa shape index (κ2) is 6.04. The number of hydrogen-bond acceptors (Lipinski definition) is 4. The zero-order valence-corrected chi connectivity index (χ0v) is 13.7. The summed E-state index contributed by atoms with van der Waals surface area (Å²) in [5, 5.41) is 4.25. The number of rotatable bonds is 7. The molecule has 0 amide bonds. The maximum atomic E-state index is 12.6. The molecule has 3 rings (SSSR count). The van der Waals surface area contributed by atoms with Gasteiger partial charge in [0.1, 0.15) is 4.90 Å². The second-order valence-electron chi connectivity index (χ2n) is 5.40. The van der Waals surface area contributed by atoms with E-state index in [0.29, 0.717) is 24.0 Å². The molecule has 0 aliphatic heterocycles. The highest BCUT2D eigenvalue weighted by Crippen LogP contribution is 2.35. The van der Waals surface area contributed by atoms with E-state index in [1.54, 1.807) is 11.3 Å². The summed E-state index contributed by atoms with van der Waals surface area (Å²) in [5.74, 6) is 0. The summed E-state index contributed by atoms with van der Waals surface area (Å²) in [6.07, 6.45) is 3.18. The first-order valence-electron chi connectivity index (χ1n) is 7.35. The van der Waals surface area contributed by atoms with Crippen molar-refractivity contribution in [3.63, 3.8) is 0 Å². The number of nitrogens with one attached hydrogen (secondary N) is 2. The first-order chi connectivity index (χ1) is 10.1. The molecule has 0 radical (unpaired) electrons. The van der Waals surface area contributed by atoms with Gasteiger partial charge in [0.15, 0.2) is 0 Å². The summed E-state index contributed by atoms with van der Waals surface area (Å²) >= 11 is 1.57. The average Bonchev–Trinajstić information content (AvgIpc) is 3.21. The molecule has 0 spiro atoms. The van der Waals surface area contributed by atoms with Gasteiger partial charge in [-0.2, -0.15) is 0 Å². The lowest BCUT2D eigenvalue weighted by atomic mass is 10.2. The summed E-state index contributed by atoms with van der Waals surface area (Å²) in [4.78, 5) is 1.37. The zero-order valence-electron chi connectivity index (χ0n) is 12.1. The predicted octanol–water partition coefficient (Wildman–Crippen LogP) is 2.84. The topological polar surface area (TPSA) is 58.2 Å². The van der Waals surface area contributed by atoms with Crippen molar-refractivity contribution < 1.29 is 8.42 Å². The molecule has 1 fully saturated rings. The largest absolute Gasteiger partial charge is 0.309 e. The lowest BCUT2D eigenvalue weighted by Crippen LogP contribution is -2.26. The highest BCUT2D eigenvalue weighted by atomic mass is 32.2. The SMILES string of the molecule is CCCNS(=O)(=O)c1c(CNC2CC2)sc2ccccc12. The lowest BCUT2D eigenvalue weighted by molar-refractivity contribution is 0.579. The minimum atomic E-state index is -3.44. The van der Waals surface area contributed by atoms with Crippen molar-refractivity contribution in [2.75, 3.05) is 6.54 Å². The van der Waals surface area contributed by atoms with Crippen molar-refractivity contribution in [2.45, 2.75) is 43.7 Å². The number of sulfonamides is 1. The van der Waals surface area contributed by atoms with E-state index in [1.165, 1.54) is 12.8 Å². The van der Waals surface area contributed by atoms with Crippen LogP contribution < -0.4 is 10.0 Å². The third-order valence-corrected chi connectivity index (χ3v) is 6.45. The third kappa shape index (κ3) is 3.29. The third-order valence-electron chi connectivity index (χ3n) is 3.56. The van der Waals surface area contributed by atoms with Gasteiger partial charge in [-0.25, -0.2) is 13.1 Å². The van der Waals surface area contributed by atoms with Gasteiger partial charge in [-0.3, -0.25) is 0 Å². The summed E-state index contributed by atoms with van der Waals surface area (Å²) in [5.41, 5.74) is 0. The maximum Gasteiger partial charge on any atom is 0.242 e. The Morgan fingerprint density at radius 3 is 2.76 bits per heavy atom. The smallest absolute Gasteiger partial charge is 0.242 e. The first-order valence-corrected chi connectivity index (χ1v) is 9.65. The van der Waals surface area contributed by atoms with Gasteiger partial charge in [0.05, 0.1) is 0 Å². The van der Waals surface area contributed by atoms with E-state index < -0.39 is 10.0 Å². The van der Waals surface area contributed by atoms with E-state index in [1.807, 2.05) is 31.2 Å². The minimum absolute atomic E-state index is 0.463. The van der Waals surface area contributed by atoms with Crippen LogP contribution in [0.25, 0.3) is 10.1 Å². The van der Waals surface area contributed by atoms with Gasteiger partial charge >= 0.3 is 0 Å². The highest BCUT2D eigenvalue weighted by molar-refractivity contribution is 7.90. The highest BCUT2D eigenvalue weighted by Gasteiger charge is 2.26. The molecule has 4 nitrogen and oxygen atoms in total. The zero-order chi connectivity index (χ0) is 14.9. The van der Waals surface area contributed by atoms with Crippen LogP contribution in [0.5, 0.6) is 0 Å². The molecule has 1 saturated carbocycles. The Bertz CT molecular complexity index is 733. The van der Waals surface area contributed by atoms with Crippen LogP contribution in [0.15, 0.2) is 29.2 Å². The molecular formula is C15H20N2O2S2. The number of fused-ring (bicyclic) bond motifs is 1. The predicted molar refractivity (Wildman–Crippen MR) is 87.2 cm³/mol. The minimum Gasteiger partial charge on any atom is -0.309 e. The second-order valence-corrected chi connectivity index (χ2v) is 8.24. The van der Waals surface area contributed by atoms with Crippen LogP contribution >= 0.6 is 11.3 Å². The molecule has 2 N–H and O–H groups in total. The fourth-order valence-electron chi connectivity index (χ4n) is 2.32. The van der Waals surface area contributed by atoms with Crippen molar-refractivity contribution in [1.29, 1.82) is 0 Å². The Labute approximate surface area is 129 Å². The lowest BCUT2D eigenvalue weighted by Gasteiger charge is -2.08. The molecule has 0 unspecified atom stereocenters. The van der Waals surface area contributed by atoms with Gasteiger partial charge in [-0.1, -0.05) is 25.1 Å². The van der Waals surface area contributed by atoms with Crippen molar-refractivity contribution in [1.82, 2.24) is 10.0 Å². The van der Waals surface area contributed by atoms with Crippen LogP contribution in [0.4, 0.5) is 0 Å². The van der Waals surface area contributed by atoms with Gasteiger partial charge in [-0.05, 0) is 25.3 Å². The van der Waals surface area contributed by atoms with Gasteiger partial charge in [-0.15, -0.1) is 11.3 Å². The van der Waals surface area contributed by atoms with Gasteiger partial charge in [0.2, 0.25) is 10.0 Å². The fourth-order valence-corrected chi connectivity index (χ4v) is 5.34. The summed E-state index contributed by atoms with van der Waals surface area (Å²) < 4.78 is 29.0. The molecule has 1 aliphatic carbocycles. The van der Waals surface area contributed by atoms with Crippen LogP contribution in [0.2, 0.25) is 0 Å². The van der Waals surface area contributed by atoms with Crippen molar-refractivity contribution in [3.05, 3.63) is 29.1 Å². The van der Waals surface area contributed by atoms with Gasteiger partial charge in [0.25, 0.3) is 0 Å².